The van der Waals surface area contributed by atoms with Crippen molar-refractivity contribution in [2.75, 3.05) is 5.32 Å². The Morgan fingerprint density at radius 2 is 1.82 bits per heavy atom. The quantitative estimate of drug-likeness (QED) is 0.887. The number of carbonyl (C=O) groups excluding carboxylic acids is 2. The fourth-order valence-corrected chi connectivity index (χ4v) is 2.71. The van der Waals surface area contributed by atoms with Crippen LogP contribution in [0.1, 0.15) is 29.1 Å². The molecule has 1 atom stereocenters. The van der Waals surface area contributed by atoms with E-state index in [4.69, 9.17) is 0 Å². The molecule has 0 aliphatic rings. The Bertz CT molecular complexity index is 650. The first-order valence-electron chi connectivity index (χ1n) is 7.20. The summed E-state index contributed by atoms with van der Waals surface area (Å²) >= 11 is 1.36. The van der Waals surface area contributed by atoms with Crippen LogP contribution in [-0.4, -0.2) is 17.9 Å². The number of anilines is 1. The van der Waals surface area contributed by atoms with Crippen molar-refractivity contribution in [3.8, 4) is 0 Å². The van der Waals surface area contributed by atoms with Crippen molar-refractivity contribution >= 4 is 28.8 Å². The number of para-hydroxylation sites is 1. The van der Waals surface area contributed by atoms with Crippen molar-refractivity contribution in [1.82, 2.24) is 5.32 Å². The lowest BCUT2D eigenvalue weighted by molar-refractivity contribution is -0.118. The number of benzene rings is 1. The molecule has 2 N–H and O–H groups in total. The van der Waals surface area contributed by atoms with Gasteiger partial charge in [0.05, 0.1) is 4.88 Å². The molecule has 1 aromatic heterocycles. The van der Waals surface area contributed by atoms with E-state index >= 15 is 0 Å². The Hall–Kier alpha value is -2.14. The highest BCUT2D eigenvalue weighted by molar-refractivity contribution is 7.12. The van der Waals surface area contributed by atoms with Gasteiger partial charge in [-0.3, -0.25) is 9.59 Å². The molecule has 2 aromatic rings. The average molecular weight is 316 g/mol. The van der Waals surface area contributed by atoms with Crippen LogP contribution < -0.4 is 10.6 Å². The Morgan fingerprint density at radius 3 is 2.41 bits per heavy atom. The molecule has 0 fully saturated rings. The minimum atomic E-state index is -0.575. The Labute approximate surface area is 134 Å². The van der Waals surface area contributed by atoms with Crippen LogP contribution in [0.25, 0.3) is 0 Å². The Balaban J connectivity index is 2.09. The van der Waals surface area contributed by atoms with E-state index < -0.39 is 6.04 Å². The summed E-state index contributed by atoms with van der Waals surface area (Å²) in [5.41, 5.74) is 1.76. The summed E-state index contributed by atoms with van der Waals surface area (Å²) in [6, 6.07) is 10.6. The summed E-state index contributed by atoms with van der Waals surface area (Å²) in [6.07, 6.45) is 0. The van der Waals surface area contributed by atoms with Gasteiger partial charge in [-0.15, -0.1) is 11.3 Å². The molecule has 0 saturated carbocycles. The normalized spacial score (nSPS) is 12.0. The maximum atomic E-state index is 12.5. The molecule has 22 heavy (non-hydrogen) atoms. The summed E-state index contributed by atoms with van der Waals surface area (Å²) in [7, 11) is 0. The van der Waals surface area contributed by atoms with Crippen LogP contribution >= 0.6 is 11.3 Å². The molecule has 0 aliphatic carbocycles. The highest BCUT2D eigenvalue weighted by Gasteiger charge is 2.25. The van der Waals surface area contributed by atoms with Gasteiger partial charge in [-0.1, -0.05) is 38.1 Å². The Kier molecular flexibility index (Phi) is 5.33. The van der Waals surface area contributed by atoms with Gasteiger partial charge in [-0.25, -0.2) is 0 Å². The second-order valence-corrected chi connectivity index (χ2v) is 6.42. The summed E-state index contributed by atoms with van der Waals surface area (Å²) in [4.78, 5) is 25.3. The van der Waals surface area contributed by atoms with Crippen molar-refractivity contribution in [3.05, 3.63) is 52.2 Å². The molecule has 0 aliphatic heterocycles. The maximum Gasteiger partial charge on any atom is 0.262 e. The molecule has 2 rings (SSSR count). The number of nitrogens with one attached hydrogen (secondary N) is 2. The zero-order chi connectivity index (χ0) is 16.1. The highest BCUT2D eigenvalue weighted by atomic mass is 32.1. The SMILES string of the molecule is Cc1ccccc1NC(=O)[C@H](NC(=O)c1cccs1)C(C)C. The standard InChI is InChI=1S/C17H20N2O2S/c1-11(2)15(19-16(20)14-9-6-10-22-14)17(21)18-13-8-5-4-7-12(13)3/h4-11,15H,1-3H3,(H,18,21)(H,19,20)/t15-/m1/s1. The van der Waals surface area contributed by atoms with E-state index in [1.807, 2.05) is 56.5 Å². The minimum absolute atomic E-state index is 0.00655. The van der Waals surface area contributed by atoms with E-state index in [0.717, 1.165) is 11.3 Å². The predicted molar refractivity (Wildman–Crippen MR) is 90.2 cm³/mol. The first kappa shape index (κ1) is 16.2. The molecule has 0 saturated heterocycles. The van der Waals surface area contributed by atoms with Gasteiger partial charge in [0.2, 0.25) is 5.91 Å². The van der Waals surface area contributed by atoms with E-state index in [1.54, 1.807) is 6.07 Å². The first-order chi connectivity index (χ1) is 10.5. The van der Waals surface area contributed by atoms with Gasteiger partial charge >= 0.3 is 0 Å². The molecule has 0 spiro atoms. The van der Waals surface area contributed by atoms with Gasteiger partial charge in [-0.05, 0) is 35.9 Å². The van der Waals surface area contributed by atoms with Gasteiger partial charge in [0.15, 0.2) is 0 Å². The number of aryl methyl sites for hydroxylation is 1. The fourth-order valence-electron chi connectivity index (χ4n) is 2.08. The number of amides is 2. The lowest BCUT2D eigenvalue weighted by Crippen LogP contribution is -2.47. The van der Waals surface area contributed by atoms with Gasteiger partial charge in [0.1, 0.15) is 6.04 Å². The van der Waals surface area contributed by atoms with Gasteiger partial charge < -0.3 is 10.6 Å². The number of hydrogen-bond acceptors (Lipinski definition) is 3. The second kappa shape index (κ2) is 7.22. The van der Waals surface area contributed by atoms with Crippen LogP contribution in [0.3, 0.4) is 0 Å². The number of hydrogen-bond donors (Lipinski definition) is 2. The summed E-state index contributed by atoms with van der Waals surface area (Å²) in [5, 5.41) is 7.55. The van der Waals surface area contributed by atoms with E-state index in [0.29, 0.717) is 4.88 Å². The number of thiophene rings is 1. The molecule has 2 amide bonds. The van der Waals surface area contributed by atoms with Crippen molar-refractivity contribution < 1.29 is 9.59 Å². The van der Waals surface area contributed by atoms with E-state index in [9.17, 15) is 9.59 Å². The van der Waals surface area contributed by atoms with E-state index in [2.05, 4.69) is 10.6 Å². The van der Waals surface area contributed by atoms with Crippen molar-refractivity contribution in [3.63, 3.8) is 0 Å². The van der Waals surface area contributed by atoms with Crippen LogP contribution in [0.5, 0.6) is 0 Å². The molecular weight excluding hydrogens is 296 g/mol. The maximum absolute atomic E-state index is 12.5. The third-order valence-electron chi connectivity index (χ3n) is 3.38. The summed E-state index contributed by atoms with van der Waals surface area (Å²) < 4.78 is 0. The second-order valence-electron chi connectivity index (χ2n) is 5.48. The van der Waals surface area contributed by atoms with Crippen LogP contribution in [-0.2, 0) is 4.79 Å². The van der Waals surface area contributed by atoms with E-state index in [1.165, 1.54) is 11.3 Å². The topological polar surface area (TPSA) is 58.2 Å². The van der Waals surface area contributed by atoms with Gasteiger partial charge in [0.25, 0.3) is 5.91 Å². The largest absolute Gasteiger partial charge is 0.339 e. The molecule has 0 radical (unpaired) electrons. The zero-order valence-electron chi connectivity index (χ0n) is 12.9. The molecule has 5 heteroatoms. The summed E-state index contributed by atoms with van der Waals surface area (Å²) in [6.45, 7) is 5.76. The number of rotatable bonds is 5. The molecule has 4 nitrogen and oxygen atoms in total. The molecule has 1 aromatic carbocycles. The van der Waals surface area contributed by atoms with Crippen molar-refractivity contribution in [2.24, 2.45) is 5.92 Å². The van der Waals surface area contributed by atoms with Crippen molar-refractivity contribution in [1.29, 1.82) is 0 Å². The zero-order valence-corrected chi connectivity index (χ0v) is 13.7. The fraction of sp³-hybridized carbons (Fsp3) is 0.294. The predicted octanol–water partition coefficient (Wildman–Crippen LogP) is 3.45. The van der Waals surface area contributed by atoms with Crippen LogP contribution in [0, 0.1) is 12.8 Å². The third-order valence-corrected chi connectivity index (χ3v) is 4.25. The highest BCUT2D eigenvalue weighted by Crippen LogP contribution is 2.15. The molecule has 0 bridgehead atoms. The smallest absolute Gasteiger partial charge is 0.262 e. The van der Waals surface area contributed by atoms with Gasteiger partial charge in [0, 0.05) is 5.69 Å². The summed E-state index contributed by atoms with van der Waals surface area (Å²) in [5.74, 6) is -0.421. The molecular formula is C17H20N2O2S. The van der Waals surface area contributed by atoms with Crippen LogP contribution in [0.4, 0.5) is 5.69 Å². The van der Waals surface area contributed by atoms with Crippen LogP contribution in [0.15, 0.2) is 41.8 Å². The van der Waals surface area contributed by atoms with E-state index in [-0.39, 0.29) is 17.7 Å². The van der Waals surface area contributed by atoms with Crippen molar-refractivity contribution in [2.45, 2.75) is 26.8 Å². The lowest BCUT2D eigenvalue weighted by Gasteiger charge is -2.22. The van der Waals surface area contributed by atoms with Crippen LogP contribution in [0.2, 0.25) is 0 Å². The van der Waals surface area contributed by atoms with Gasteiger partial charge in [-0.2, -0.15) is 0 Å². The number of carbonyl (C=O) groups is 2. The monoisotopic (exact) mass is 316 g/mol. The first-order valence-corrected chi connectivity index (χ1v) is 8.08. The molecule has 1 heterocycles. The lowest BCUT2D eigenvalue weighted by atomic mass is 10.0. The minimum Gasteiger partial charge on any atom is -0.339 e. The molecule has 0 unspecified atom stereocenters. The third kappa shape index (κ3) is 3.95. The molecule has 116 valence electrons. The average Bonchev–Trinajstić information content (AvgIpc) is 3.00. The Morgan fingerprint density at radius 1 is 1.09 bits per heavy atom.